The molecule has 0 bridgehead atoms. The van der Waals surface area contributed by atoms with E-state index in [2.05, 4.69) is 10.6 Å². The van der Waals surface area contributed by atoms with Crippen LogP contribution in [0.4, 0.5) is 0 Å². The maximum atomic E-state index is 11.5. The molecule has 2 N–H and O–H groups in total. The summed E-state index contributed by atoms with van der Waals surface area (Å²) in [4.78, 5) is 23.1. The first-order valence-corrected chi connectivity index (χ1v) is 4.64. The number of amides is 2. The number of hydrogen-bond donors (Lipinski definition) is 2. The number of carbonyl (C=O) groups excluding carboxylic acids is 2. The topological polar surface area (TPSA) is 58.2 Å². The molecule has 0 aliphatic carbocycles. The van der Waals surface area contributed by atoms with Gasteiger partial charge in [0.1, 0.15) is 5.41 Å². The van der Waals surface area contributed by atoms with Crippen LogP contribution >= 0.6 is 12.2 Å². The summed E-state index contributed by atoms with van der Waals surface area (Å²) >= 11 is 4.69. The predicted octanol–water partition coefficient (Wildman–Crippen LogP) is -2.56. The van der Waals surface area contributed by atoms with Crippen molar-refractivity contribution >= 4 is 29.1 Å². The molecule has 1 rings (SSSR count). The van der Waals surface area contributed by atoms with Crippen molar-refractivity contribution in [3.05, 3.63) is 0 Å². The van der Waals surface area contributed by atoms with E-state index in [0.29, 0.717) is 12.8 Å². The van der Waals surface area contributed by atoms with Gasteiger partial charge in [-0.05, 0) is 25.1 Å². The van der Waals surface area contributed by atoms with Gasteiger partial charge in [0, 0.05) is 0 Å². The van der Waals surface area contributed by atoms with Crippen LogP contribution in [0.3, 0.4) is 0 Å². The maximum absolute atomic E-state index is 11.5. The molecule has 1 saturated heterocycles. The Labute approximate surface area is 112 Å². The van der Waals surface area contributed by atoms with E-state index in [-0.39, 0.29) is 47.9 Å². The maximum Gasteiger partial charge on any atom is 1.00 e. The fourth-order valence-corrected chi connectivity index (χ4v) is 1.66. The number of rotatable bonds is 2. The molecule has 2 amide bonds. The fraction of sp³-hybridized carbons (Fsp3) is 0.625. The zero-order chi connectivity index (χ0) is 10.1. The zero-order valence-electron chi connectivity index (χ0n) is 9.64. The van der Waals surface area contributed by atoms with Crippen LogP contribution in [0.5, 0.6) is 0 Å². The van der Waals surface area contributed by atoms with E-state index in [9.17, 15) is 9.59 Å². The summed E-state index contributed by atoms with van der Waals surface area (Å²) in [6, 6.07) is 0. The van der Waals surface area contributed by atoms with Gasteiger partial charge in [0.2, 0.25) is 11.8 Å². The van der Waals surface area contributed by atoms with Gasteiger partial charge < -0.3 is 12.1 Å². The molecule has 0 atom stereocenters. The van der Waals surface area contributed by atoms with Gasteiger partial charge in [-0.1, -0.05) is 13.8 Å². The molecule has 4 nitrogen and oxygen atoms in total. The fourth-order valence-electron chi connectivity index (χ4n) is 1.47. The van der Waals surface area contributed by atoms with Crippen molar-refractivity contribution in [1.82, 2.24) is 10.6 Å². The Morgan fingerprint density at radius 2 is 1.57 bits per heavy atom. The van der Waals surface area contributed by atoms with E-state index in [0.717, 1.165) is 0 Å². The van der Waals surface area contributed by atoms with Crippen molar-refractivity contribution in [2.45, 2.75) is 26.7 Å². The van der Waals surface area contributed by atoms with Crippen molar-refractivity contribution in [3.63, 3.8) is 0 Å². The van der Waals surface area contributed by atoms with Crippen molar-refractivity contribution in [3.8, 4) is 0 Å². The van der Waals surface area contributed by atoms with E-state index in [1.54, 1.807) is 0 Å². The average Bonchev–Trinajstić information content (AvgIpc) is 2.05. The summed E-state index contributed by atoms with van der Waals surface area (Å²) in [5.41, 5.74) is -0.928. The first-order chi connectivity index (χ1) is 6.06. The molecule has 1 heterocycles. The van der Waals surface area contributed by atoms with Gasteiger partial charge >= 0.3 is 29.6 Å². The molecule has 14 heavy (non-hydrogen) atoms. The summed E-state index contributed by atoms with van der Waals surface area (Å²) in [7, 11) is 0. The Balaban J connectivity index is 0. The number of nitrogens with one attached hydrogen (secondary N) is 2. The van der Waals surface area contributed by atoms with E-state index in [1.807, 2.05) is 13.8 Å². The van der Waals surface area contributed by atoms with Crippen molar-refractivity contribution < 1.29 is 40.6 Å². The number of hydrogen-bond acceptors (Lipinski definition) is 3. The molecular weight excluding hydrogens is 211 g/mol. The molecule has 74 valence electrons. The van der Waals surface area contributed by atoms with Crippen molar-refractivity contribution in [1.29, 1.82) is 0 Å². The standard InChI is InChI=1S/C8H12N2O2S.Na.H/c1-3-8(4-2)5(11)9-7(13)10-6(8)12;;/h3-4H2,1-2H3,(H2,9,10,11,12,13);;/q;+1;-1. The van der Waals surface area contributed by atoms with Crippen molar-refractivity contribution in [2.24, 2.45) is 5.41 Å². The summed E-state index contributed by atoms with van der Waals surface area (Å²) in [5.74, 6) is -0.572. The van der Waals surface area contributed by atoms with Crippen LogP contribution < -0.4 is 40.2 Å². The first-order valence-electron chi connectivity index (χ1n) is 4.23. The third-order valence-corrected chi connectivity index (χ3v) is 2.73. The molecule has 6 heteroatoms. The molecule has 0 radical (unpaired) electrons. The summed E-state index contributed by atoms with van der Waals surface area (Å²) < 4.78 is 0. The van der Waals surface area contributed by atoms with Gasteiger partial charge in [-0.15, -0.1) is 0 Å². The van der Waals surface area contributed by atoms with Crippen LogP contribution in [-0.2, 0) is 9.59 Å². The molecule has 0 aromatic heterocycles. The quantitative estimate of drug-likeness (QED) is 0.308. The molecule has 0 aromatic carbocycles. The first kappa shape index (κ1) is 14.0. The second-order valence-corrected chi connectivity index (χ2v) is 3.43. The Morgan fingerprint density at radius 1 is 1.21 bits per heavy atom. The minimum Gasteiger partial charge on any atom is -1.00 e. The minimum absolute atomic E-state index is 0. The van der Waals surface area contributed by atoms with Gasteiger partial charge in [0.05, 0.1) is 0 Å². The van der Waals surface area contributed by atoms with Gasteiger partial charge in [-0.3, -0.25) is 9.59 Å². The molecule has 0 aromatic rings. The van der Waals surface area contributed by atoms with Gasteiger partial charge in [-0.2, -0.15) is 0 Å². The smallest absolute Gasteiger partial charge is 1.00 e. The molecule has 0 unspecified atom stereocenters. The number of thiocarbonyl (C=S) groups is 1. The van der Waals surface area contributed by atoms with Crippen LogP contribution in [0.25, 0.3) is 0 Å². The Kier molecular flexibility index (Phi) is 5.22. The third kappa shape index (κ3) is 2.16. The van der Waals surface area contributed by atoms with E-state index < -0.39 is 5.41 Å². The van der Waals surface area contributed by atoms with Crippen molar-refractivity contribution in [2.75, 3.05) is 0 Å². The SMILES string of the molecule is CCC1(CC)C(=O)NC(=S)NC1=O.[H-].[Na+]. The molecule has 0 saturated carbocycles. The van der Waals surface area contributed by atoms with Gasteiger partial charge in [0.15, 0.2) is 5.11 Å². The second-order valence-electron chi connectivity index (χ2n) is 3.03. The Morgan fingerprint density at radius 3 is 1.86 bits per heavy atom. The predicted molar refractivity (Wildman–Crippen MR) is 53.0 cm³/mol. The average molecular weight is 224 g/mol. The number of carbonyl (C=O) groups is 2. The summed E-state index contributed by atoms with van der Waals surface area (Å²) in [6.45, 7) is 3.63. The monoisotopic (exact) mass is 224 g/mol. The second kappa shape index (κ2) is 5.21. The molecule has 1 aliphatic heterocycles. The van der Waals surface area contributed by atoms with Crippen LogP contribution in [0.2, 0.25) is 0 Å². The Hall–Kier alpha value is 0.0300. The van der Waals surface area contributed by atoms with Gasteiger partial charge in [0.25, 0.3) is 0 Å². The van der Waals surface area contributed by atoms with E-state index in [1.165, 1.54) is 0 Å². The largest absolute Gasteiger partial charge is 1.00 e. The molecular formula is C8H13N2NaO2S. The summed E-state index contributed by atoms with van der Waals surface area (Å²) in [5, 5.41) is 5.03. The summed E-state index contributed by atoms with van der Waals surface area (Å²) in [6.07, 6.45) is 0.980. The van der Waals surface area contributed by atoms with Crippen LogP contribution in [0.15, 0.2) is 0 Å². The normalized spacial score (nSPS) is 19.4. The van der Waals surface area contributed by atoms with Crippen LogP contribution in [0, 0.1) is 5.41 Å². The zero-order valence-corrected chi connectivity index (χ0v) is 11.5. The van der Waals surface area contributed by atoms with Crippen LogP contribution in [-0.4, -0.2) is 16.9 Å². The van der Waals surface area contributed by atoms with E-state index >= 15 is 0 Å². The Bertz CT molecular complexity index is 260. The molecule has 1 aliphatic rings. The third-order valence-electron chi connectivity index (χ3n) is 2.53. The van der Waals surface area contributed by atoms with Gasteiger partial charge in [-0.25, -0.2) is 0 Å². The van der Waals surface area contributed by atoms with E-state index in [4.69, 9.17) is 12.2 Å². The minimum atomic E-state index is -0.928. The molecule has 0 spiro atoms. The molecule has 1 fully saturated rings. The van der Waals surface area contributed by atoms with Crippen LogP contribution in [0.1, 0.15) is 28.1 Å².